The van der Waals surface area contributed by atoms with Crippen LogP contribution < -0.4 is 10.6 Å². The fourth-order valence-electron chi connectivity index (χ4n) is 3.19. The first kappa shape index (κ1) is 22.3. The van der Waals surface area contributed by atoms with Crippen LogP contribution in [0.4, 0.5) is 4.39 Å². The molecule has 33 heavy (non-hydrogen) atoms. The van der Waals surface area contributed by atoms with E-state index in [1.54, 1.807) is 24.4 Å². The molecular weight excluding hydrogens is 448 g/mol. The van der Waals surface area contributed by atoms with Gasteiger partial charge in [-0.15, -0.1) is 0 Å². The van der Waals surface area contributed by atoms with Gasteiger partial charge >= 0.3 is 0 Å². The van der Waals surface area contributed by atoms with Crippen LogP contribution in [-0.2, 0) is 4.57 Å². The molecule has 11 heteroatoms. The highest BCUT2D eigenvalue weighted by atomic mass is 31.2. The summed E-state index contributed by atoms with van der Waals surface area (Å²) in [6, 6.07) is 12.7. The topological polar surface area (TPSA) is 130 Å². The molecule has 0 aliphatic rings. The van der Waals surface area contributed by atoms with Crippen molar-refractivity contribution in [1.82, 2.24) is 25.1 Å². The van der Waals surface area contributed by atoms with Gasteiger partial charge in [-0.05, 0) is 41.5 Å². The predicted octanol–water partition coefficient (Wildman–Crippen LogP) is 2.55. The number of nitrogens with one attached hydrogen (secondary N) is 1. The van der Waals surface area contributed by atoms with E-state index in [9.17, 15) is 23.7 Å². The molecule has 0 spiro atoms. The summed E-state index contributed by atoms with van der Waals surface area (Å²) in [6.07, 6.45) is 4.29. The van der Waals surface area contributed by atoms with Crippen LogP contribution in [0.3, 0.4) is 0 Å². The highest BCUT2D eigenvalue weighted by Crippen LogP contribution is 2.34. The number of hydrogen-bond donors (Lipinski definition) is 3. The van der Waals surface area contributed by atoms with Gasteiger partial charge in [-0.2, -0.15) is 10.1 Å². The summed E-state index contributed by atoms with van der Waals surface area (Å²) in [5.74, 6) is -1.55. The van der Waals surface area contributed by atoms with Gasteiger partial charge < -0.3 is 15.3 Å². The molecule has 0 fully saturated rings. The smallest absolute Gasteiger partial charge is 0.259 e. The lowest BCUT2D eigenvalue weighted by Crippen LogP contribution is -2.30. The zero-order valence-corrected chi connectivity index (χ0v) is 18.2. The quantitative estimate of drug-likeness (QED) is 0.372. The van der Waals surface area contributed by atoms with Crippen LogP contribution in [0.25, 0.3) is 5.95 Å². The second-order valence-electron chi connectivity index (χ2n) is 7.29. The maximum Gasteiger partial charge on any atom is 0.259 e. The van der Waals surface area contributed by atoms with Crippen LogP contribution in [0.1, 0.15) is 27.5 Å². The van der Waals surface area contributed by atoms with Crippen molar-refractivity contribution in [2.45, 2.75) is 6.04 Å². The molecule has 2 unspecified atom stereocenters. The van der Waals surface area contributed by atoms with Gasteiger partial charge in [0.15, 0.2) is 0 Å². The summed E-state index contributed by atoms with van der Waals surface area (Å²) < 4.78 is 26.7. The normalized spacial score (nSPS) is 13.8. The molecule has 2 heterocycles. The summed E-state index contributed by atoms with van der Waals surface area (Å²) in [5.41, 5.74) is 0.985. The molecule has 2 aromatic carbocycles. The number of aromatic nitrogens is 4. The Bertz CT molecular complexity index is 1320. The molecular formula is C22H19FN5O4P. The number of carbonyl (C=O) groups excluding carboxylic acids is 1. The van der Waals surface area contributed by atoms with Gasteiger partial charge in [0.05, 0.1) is 6.04 Å². The molecule has 4 rings (SSSR count). The first-order valence-electron chi connectivity index (χ1n) is 9.75. The molecule has 2 atom stereocenters. The molecule has 1 amide bonds. The molecule has 168 valence electrons. The van der Waals surface area contributed by atoms with Crippen molar-refractivity contribution < 1.29 is 23.7 Å². The SMILES string of the molecule is CP(=O)(O)c1ccc(C(NC(=O)c2cnc(-n3cccn3)nc2O)c2ccc(F)cc2)cc1. The Hall–Kier alpha value is -3.88. The standard InChI is InChI=1S/C22H19FN5O4P/c1-33(31,32)17-9-5-15(6-10-17)19(14-3-7-16(23)8-4-14)26-20(29)18-13-24-22(27-21(18)30)28-12-2-11-25-28/h2-13,19H,1H3,(H,26,29)(H,31,32)(H,24,27,30). The number of nitrogens with zero attached hydrogens (tertiary/aromatic N) is 4. The minimum absolute atomic E-state index is 0.0905. The number of halogens is 1. The average molecular weight is 467 g/mol. The minimum Gasteiger partial charge on any atom is -0.493 e. The van der Waals surface area contributed by atoms with E-state index in [2.05, 4.69) is 20.4 Å². The van der Waals surface area contributed by atoms with Crippen molar-refractivity contribution in [3.05, 3.63) is 95.7 Å². The van der Waals surface area contributed by atoms with E-state index in [0.29, 0.717) is 11.1 Å². The number of carbonyl (C=O) groups is 1. The summed E-state index contributed by atoms with van der Waals surface area (Å²) in [5, 5.41) is 17.3. The molecule has 0 radical (unpaired) electrons. The fourth-order valence-corrected chi connectivity index (χ4v) is 3.89. The molecule has 0 aliphatic carbocycles. The fraction of sp³-hybridized carbons (Fsp3) is 0.0909. The van der Waals surface area contributed by atoms with Gasteiger partial charge in [-0.1, -0.05) is 24.3 Å². The third-order valence-electron chi connectivity index (χ3n) is 4.89. The van der Waals surface area contributed by atoms with Gasteiger partial charge in [0.25, 0.3) is 11.9 Å². The first-order valence-corrected chi connectivity index (χ1v) is 11.9. The second kappa shape index (κ2) is 8.93. The van der Waals surface area contributed by atoms with E-state index < -0.39 is 31.0 Å². The highest BCUT2D eigenvalue weighted by molar-refractivity contribution is 7.65. The van der Waals surface area contributed by atoms with Crippen molar-refractivity contribution in [3.8, 4) is 11.8 Å². The number of aromatic hydroxyl groups is 1. The zero-order valence-electron chi connectivity index (χ0n) is 17.3. The maximum atomic E-state index is 13.5. The number of hydrogen-bond acceptors (Lipinski definition) is 6. The van der Waals surface area contributed by atoms with Crippen LogP contribution in [0.15, 0.2) is 73.2 Å². The van der Waals surface area contributed by atoms with E-state index in [-0.39, 0.29) is 16.8 Å². The monoisotopic (exact) mass is 467 g/mol. The first-order chi connectivity index (χ1) is 15.7. The van der Waals surface area contributed by atoms with Crippen LogP contribution in [0.2, 0.25) is 0 Å². The Morgan fingerprint density at radius 1 is 1.12 bits per heavy atom. The lowest BCUT2D eigenvalue weighted by Gasteiger charge is -2.21. The Morgan fingerprint density at radius 2 is 1.76 bits per heavy atom. The summed E-state index contributed by atoms with van der Waals surface area (Å²) in [7, 11) is -3.45. The van der Waals surface area contributed by atoms with E-state index in [0.717, 1.165) is 0 Å². The average Bonchev–Trinajstić information content (AvgIpc) is 3.32. The molecule has 4 aromatic rings. The van der Waals surface area contributed by atoms with E-state index in [1.807, 2.05) is 0 Å². The van der Waals surface area contributed by atoms with E-state index >= 15 is 0 Å². The molecule has 0 saturated heterocycles. The van der Waals surface area contributed by atoms with Crippen LogP contribution in [0, 0.1) is 5.82 Å². The number of amides is 1. The van der Waals surface area contributed by atoms with E-state index in [1.165, 1.54) is 60.1 Å². The number of rotatable bonds is 6. The van der Waals surface area contributed by atoms with Gasteiger partial charge in [-0.25, -0.2) is 14.1 Å². The van der Waals surface area contributed by atoms with E-state index in [4.69, 9.17) is 0 Å². The predicted molar refractivity (Wildman–Crippen MR) is 118 cm³/mol. The summed E-state index contributed by atoms with van der Waals surface area (Å²) in [6.45, 7) is 1.23. The lowest BCUT2D eigenvalue weighted by molar-refractivity contribution is 0.0939. The minimum atomic E-state index is -3.45. The Morgan fingerprint density at radius 3 is 2.30 bits per heavy atom. The van der Waals surface area contributed by atoms with Crippen LogP contribution in [0.5, 0.6) is 5.88 Å². The summed E-state index contributed by atoms with van der Waals surface area (Å²) in [4.78, 5) is 30.7. The van der Waals surface area contributed by atoms with Crippen molar-refractivity contribution in [2.24, 2.45) is 0 Å². The van der Waals surface area contributed by atoms with Crippen molar-refractivity contribution in [3.63, 3.8) is 0 Å². The highest BCUT2D eigenvalue weighted by Gasteiger charge is 2.22. The van der Waals surface area contributed by atoms with Gasteiger partial charge in [0, 0.05) is 30.6 Å². The molecule has 0 bridgehead atoms. The maximum absolute atomic E-state index is 13.5. The molecule has 0 saturated carbocycles. The third-order valence-corrected chi connectivity index (χ3v) is 6.15. The third kappa shape index (κ3) is 4.97. The molecule has 3 N–H and O–H groups in total. The largest absolute Gasteiger partial charge is 0.493 e. The molecule has 2 aromatic heterocycles. The van der Waals surface area contributed by atoms with Crippen molar-refractivity contribution in [1.29, 1.82) is 0 Å². The zero-order chi connectivity index (χ0) is 23.6. The Balaban J connectivity index is 1.66. The van der Waals surface area contributed by atoms with Gasteiger partial charge in [-0.3, -0.25) is 9.36 Å². The van der Waals surface area contributed by atoms with Crippen molar-refractivity contribution >= 4 is 18.6 Å². The number of benzene rings is 2. The van der Waals surface area contributed by atoms with Crippen LogP contribution in [-0.4, -0.2) is 42.3 Å². The Labute approximate surface area is 188 Å². The van der Waals surface area contributed by atoms with Crippen LogP contribution >= 0.6 is 7.37 Å². The summed E-state index contributed by atoms with van der Waals surface area (Å²) >= 11 is 0. The van der Waals surface area contributed by atoms with Gasteiger partial charge in [0.1, 0.15) is 11.4 Å². The Kier molecular flexibility index (Phi) is 6.04. The lowest BCUT2D eigenvalue weighted by atomic mass is 9.98. The van der Waals surface area contributed by atoms with Gasteiger partial charge in [0.2, 0.25) is 13.2 Å². The van der Waals surface area contributed by atoms with Crippen molar-refractivity contribution in [2.75, 3.05) is 6.66 Å². The molecule has 0 aliphatic heterocycles. The molecule has 9 nitrogen and oxygen atoms in total. The second-order valence-corrected chi connectivity index (χ2v) is 9.56.